The van der Waals surface area contributed by atoms with Crippen LogP contribution >= 0.6 is 0 Å². The monoisotopic (exact) mass is 285 g/mol. The normalized spacial score (nSPS) is 10.9. The first-order valence-electron chi connectivity index (χ1n) is 6.12. The average molecular weight is 285 g/mol. The van der Waals surface area contributed by atoms with Crippen LogP contribution in [0.3, 0.4) is 0 Å². The molecule has 0 unspecified atom stereocenters. The van der Waals surface area contributed by atoms with E-state index in [1.807, 2.05) is 0 Å². The van der Waals surface area contributed by atoms with Gasteiger partial charge in [-0.15, -0.1) is 0 Å². The third kappa shape index (κ3) is 1.80. The van der Waals surface area contributed by atoms with Crippen molar-refractivity contribution in [2.75, 3.05) is 7.11 Å². The second kappa shape index (κ2) is 4.52. The van der Waals surface area contributed by atoms with E-state index in [0.29, 0.717) is 16.4 Å². The molecule has 2 N–H and O–H groups in total. The van der Waals surface area contributed by atoms with Crippen LogP contribution in [0.25, 0.3) is 16.4 Å². The number of carboxylic acid groups (broad SMARTS) is 2. The van der Waals surface area contributed by atoms with E-state index in [0.717, 1.165) is 0 Å². The number of hydrogen-bond acceptors (Lipinski definition) is 3. The van der Waals surface area contributed by atoms with Crippen molar-refractivity contribution in [1.82, 2.24) is 4.40 Å². The molecule has 6 heteroatoms. The number of carbonyl (C=O) groups is 2. The molecule has 0 spiro atoms. The molecule has 6 nitrogen and oxygen atoms in total. The minimum atomic E-state index is -1.10. The molecule has 0 radical (unpaired) electrons. The predicted molar refractivity (Wildman–Crippen MR) is 75.4 cm³/mol. The zero-order valence-electron chi connectivity index (χ0n) is 11.0. The zero-order valence-corrected chi connectivity index (χ0v) is 11.0. The van der Waals surface area contributed by atoms with Crippen LogP contribution in [0.1, 0.15) is 20.7 Å². The minimum Gasteiger partial charge on any atom is -0.496 e. The van der Waals surface area contributed by atoms with E-state index in [1.165, 1.54) is 19.2 Å². The van der Waals surface area contributed by atoms with Gasteiger partial charge in [-0.25, -0.2) is 9.59 Å². The summed E-state index contributed by atoms with van der Waals surface area (Å²) in [5.74, 6) is -1.96. The number of aromatic carboxylic acids is 2. The summed E-state index contributed by atoms with van der Waals surface area (Å²) in [7, 11) is 1.38. The summed E-state index contributed by atoms with van der Waals surface area (Å²) < 4.78 is 6.85. The second-order valence-electron chi connectivity index (χ2n) is 4.51. The fraction of sp³-hybridized carbons (Fsp3) is 0.0667. The molecule has 0 saturated carbocycles. The Balaban J connectivity index is 2.59. The van der Waals surface area contributed by atoms with Gasteiger partial charge in [0.1, 0.15) is 5.75 Å². The maximum Gasteiger partial charge on any atom is 0.338 e. The lowest BCUT2D eigenvalue weighted by Crippen LogP contribution is -1.99. The first-order chi connectivity index (χ1) is 10.0. The summed E-state index contributed by atoms with van der Waals surface area (Å²) in [6.45, 7) is 0. The fourth-order valence-electron chi connectivity index (χ4n) is 2.53. The molecule has 0 aliphatic rings. The lowest BCUT2D eigenvalue weighted by molar-refractivity contribution is 0.0688. The number of hydrogen-bond donors (Lipinski definition) is 2. The molecule has 0 fully saturated rings. The Morgan fingerprint density at radius 1 is 1.10 bits per heavy atom. The van der Waals surface area contributed by atoms with Crippen molar-refractivity contribution in [2.45, 2.75) is 0 Å². The van der Waals surface area contributed by atoms with E-state index in [-0.39, 0.29) is 16.9 Å². The Hall–Kier alpha value is -3.02. The van der Waals surface area contributed by atoms with Gasteiger partial charge >= 0.3 is 11.9 Å². The smallest absolute Gasteiger partial charge is 0.338 e. The van der Waals surface area contributed by atoms with Gasteiger partial charge in [-0.2, -0.15) is 0 Å². The molecule has 3 rings (SSSR count). The number of aromatic nitrogens is 1. The largest absolute Gasteiger partial charge is 0.496 e. The highest BCUT2D eigenvalue weighted by molar-refractivity contribution is 6.14. The number of carboxylic acids is 2. The lowest BCUT2D eigenvalue weighted by atomic mass is 10.1. The Morgan fingerprint density at radius 2 is 1.86 bits per heavy atom. The van der Waals surface area contributed by atoms with Crippen molar-refractivity contribution in [3.05, 3.63) is 47.7 Å². The van der Waals surface area contributed by atoms with E-state index < -0.39 is 11.9 Å². The third-order valence-corrected chi connectivity index (χ3v) is 3.39. The van der Waals surface area contributed by atoms with Gasteiger partial charge in [0, 0.05) is 6.20 Å². The van der Waals surface area contributed by atoms with Crippen molar-refractivity contribution in [3.63, 3.8) is 0 Å². The Morgan fingerprint density at radius 3 is 2.48 bits per heavy atom. The summed E-state index contributed by atoms with van der Waals surface area (Å²) >= 11 is 0. The van der Waals surface area contributed by atoms with Gasteiger partial charge < -0.3 is 19.4 Å². The van der Waals surface area contributed by atoms with Crippen LogP contribution in [-0.2, 0) is 0 Å². The molecular formula is C15H11NO5. The van der Waals surface area contributed by atoms with Crippen molar-refractivity contribution >= 4 is 28.4 Å². The Bertz CT molecular complexity index is 894. The highest BCUT2D eigenvalue weighted by Crippen LogP contribution is 2.35. The molecule has 3 aromatic rings. The molecule has 21 heavy (non-hydrogen) atoms. The highest BCUT2D eigenvalue weighted by atomic mass is 16.5. The van der Waals surface area contributed by atoms with Gasteiger partial charge in [0.25, 0.3) is 0 Å². The fourth-order valence-corrected chi connectivity index (χ4v) is 2.53. The van der Waals surface area contributed by atoms with Crippen LogP contribution in [0.4, 0.5) is 0 Å². The number of rotatable bonds is 3. The van der Waals surface area contributed by atoms with Crippen molar-refractivity contribution in [3.8, 4) is 5.75 Å². The summed E-state index contributed by atoms with van der Waals surface area (Å²) in [4.78, 5) is 22.8. The molecule has 0 atom stereocenters. The van der Waals surface area contributed by atoms with Crippen LogP contribution in [0.2, 0.25) is 0 Å². The molecule has 1 aromatic carbocycles. The molecule has 0 aliphatic carbocycles. The van der Waals surface area contributed by atoms with E-state index >= 15 is 0 Å². The summed E-state index contributed by atoms with van der Waals surface area (Å²) in [6.07, 6.45) is 1.69. The van der Waals surface area contributed by atoms with Crippen LogP contribution < -0.4 is 4.74 Å². The maximum absolute atomic E-state index is 11.6. The van der Waals surface area contributed by atoms with Crippen molar-refractivity contribution < 1.29 is 24.5 Å². The van der Waals surface area contributed by atoms with Crippen LogP contribution in [0, 0.1) is 0 Å². The Kier molecular flexibility index (Phi) is 2.79. The van der Waals surface area contributed by atoms with Gasteiger partial charge in [0.15, 0.2) is 0 Å². The first kappa shape index (κ1) is 13.0. The summed E-state index contributed by atoms with van der Waals surface area (Å²) in [5, 5.41) is 19.0. The lowest BCUT2D eigenvalue weighted by Gasteiger charge is -2.05. The number of nitrogens with zero attached hydrogens (tertiary/aromatic N) is 1. The van der Waals surface area contributed by atoms with Gasteiger partial charge in [-0.3, -0.25) is 0 Å². The topological polar surface area (TPSA) is 88.2 Å². The number of benzene rings is 1. The standard InChI is InChI=1S/C15H11NO5/c1-21-11-7-8(14(17)18)6-10-12(11)13(15(19)20)9-4-2-3-5-16(9)10/h2-7H,1H3,(H,17,18)(H,19,20). The van der Waals surface area contributed by atoms with Crippen LogP contribution in [0.15, 0.2) is 36.5 Å². The quantitative estimate of drug-likeness (QED) is 0.771. The molecule has 0 amide bonds. The molecule has 106 valence electrons. The summed E-state index contributed by atoms with van der Waals surface area (Å²) in [5.41, 5.74) is 1.11. The van der Waals surface area contributed by atoms with Crippen molar-refractivity contribution in [1.29, 1.82) is 0 Å². The minimum absolute atomic E-state index is 0.0412. The number of ether oxygens (including phenoxy) is 1. The second-order valence-corrected chi connectivity index (χ2v) is 4.51. The molecule has 2 heterocycles. The predicted octanol–water partition coefficient (Wildman–Crippen LogP) is 2.50. The van der Waals surface area contributed by atoms with E-state index in [2.05, 4.69) is 0 Å². The molecule has 0 aliphatic heterocycles. The third-order valence-electron chi connectivity index (χ3n) is 3.39. The number of methoxy groups -OCH3 is 1. The van der Waals surface area contributed by atoms with Crippen LogP contribution in [0.5, 0.6) is 5.75 Å². The number of pyridine rings is 1. The van der Waals surface area contributed by atoms with Gasteiger partial charge in [-0.05, 0) is 24.3 Å². The highest BCUT2D eigenvalue weighted by Gasteiger charge is 2.22. The zero-order chi connectivity index (χ0) is 15.1. The van der Waals surface area contributed by atoms with E-state index in [9.17, 15) is 19.8 Å². The number of fused-ring (bicyclic) bond motifs is 3. The van der Waals surface area contributed by atoms with Gasteiger partial charge in [-0.1, -0.05) is 6.07 Å². The molecule has 2 aromatic heterocycles. The molecule has 0 saturated heterocycles. The Labute approximate surface area is 118 Å². The van der Waals surface area contributed by atoms with Crippen LogP contribution in [-0.4, -0.2) is 33.7 Å². The van der Waals surface area contributed by atoms with E-state index in [4.69, 9.17) is 4.74 Å². The maximum atomic E-state index is 11.6. The van der Waals surface area contributed by atoms with Gasteiger partial charge in [0.05, 0.1) is 34.7 Å². The first-order valence-corrected chi connectivity index (χ1v) is 6.12. The van der Waals surface area contributed by atoms with Crippen molar-refractivity contribution in [2.24, 2.45) is 0 Å². The molecule has 0 bridgehead atoms. The SMILES string of the molecule is COc1cc(C(=O)O)cc2c1c(C(=O)O)c1ccccn12. The average Bonchev–Trinajstić information content (AvgIpc) is 2.80. The van der Waals surface area contributed by atoms with E-state index in [1.54, 1.807) is 28.8 Å². The summed E-state index contributed by atoms with van der Waals surface area (Å²) in [6, 6.07) is 7.92. The molecular weight excluding hydrogens is 274 g/mol. The van der Waals surface area contributed by atoms with Gasteiger partial charge in [0.2, 0.25) is 0 Å².